The Balaban J connectivity index is 1.42. The zero-order valence-electron chi connectivity index (χ0n) is 22.0. The minimum absolute atomic E-state index is 0.439. The van der Waals surface area contributed by atoms with E-state index < -0.39 is 0 Å². The molecule has 4 rings (SSSR count). The lowest BCUT2D eigenvalue weighted by Gasteiger charge is -2.58. The van der Waals surface area contributed by atoms with Gasteiger partial charge in [0.25, 0.3) is 0 Å². The zero-order chi connectivity index (χ0) is 22.9. The molecule has 3 saturated carbocycles. The van der Waals surface area contributed by atoms with E-state index in [1.807, 2.05) is 0 Å². The van der Waals surface area contributed by atoms with Crippen LogP contribution < -0.4 is 5.73 Å². The Morgan fingerprint density at radius 3 is 2.56 bits per heavy atom. The van der Waals surface area contributed by atoms with E-state index in [0.29, 0.717) is 16.9 Å². The molecule has 4 aliphatic carbocycles. The van der Waals surface area contributed by atoms with Gasteiger partial charge < -0.3 is 10.5 Å². The van der Waals surface area contributed by atoms with Crippen LogP contribution in [0.5, 0.6) is 0 Å². The first-order chi connectivity index (χ1) is 15.3. The summed E-state index contributed by atoms with van der Waals surface area (Å²) in [6, 6.07) is 0. The van der Waals surface area contributed by atoms with Crippen LogP contribution >= 0.6 is 0 Å². The van der Waals surface area contributed by atoms with Gasteiger partial charge in [-0.1, -0.05) is 65.5 Å². The fourth-order valence-corrected chi connectivity index (χ4v) is 9.13. The number of allylic oxidation sites excluding steroid dienone is 1. The Kier molecular flexibility index (Phi) is 7.82. The zero-order valence-corrected chi connectivity index (χ0v) is 22.0. The van der Waals surface area contributed by atoms with Crippen molar-refractivity contribution in [3.63, 3.8) is 0 Å². The van der Waals surface area contributed by atoms with Crippen molar-refractivity contribution < 1.29 is 4.74 Å². The van der Waals surface area contributed by atoms with Crippen molar-refractivity contribution in [2.45, 2.75) is 118 Å². The van der Waals surface area contributed by atoms with Crippen molar-refractivity contribution in [2.75, 3.05) is 13.2 Å². The largest absolute Gasteiger partial charge is 0.378 e. The summed E-state index contributed by atoms with van der Waals surface area (Å²) in [5.41, 5.74) is 8.47. The molecule has 0 aromatic carbocycles. The van der Waals surface area contributed by atoms with Crippen LogP contribution in [0.15, 0.2) is 11.6 Å². The molecular formula is C30H53NO. The quantitative estimate of drug-likeness (QED) is 0.292. The van der Waals surface area contributed by atoms with Crippen molar-refractivity contribution >= 4 is 0 Å². The van der Waals surface area contributed by atoms with E-state index >= 15 is 0 Å². The van der Waals surface area contributed by atoms with Gasteiger partial charge in [0.1, 0.15) is 0 Å². The monoisotopic (exact) mass is 443 g/mol. The topological polar surface area (TPSA) is 35.2 Å². The van der Waals surface area contributed by atoms with E-state index in [4.69, 9.17) is 10.5 Å². The first-order valence-electron chi connectivity index (χ1n) is 14.3. The van der Waals surface area contributed by atoms with Crippen LogP contribution in [0.4, 0.5) is 0 Å². The lowest BCUT2D eigenvalue weighted by atomic mass is 9.47. The Morgan fingerprint density at radius 2 is 1.81 bits per heavy atom. The average molecular weight is 444 g/mol. The van der Waals surface area contributed by atoms with E-state index in [1.165, 1.54) is 70.6 Å². The normalized spacial score (nSPS) is 42.2. The first-order valence-corrected chi connectivity index (χ1v) is 14.3. The molecule has 32 heavy (non-hydrogen) atoms. The second-order valence-electron chi connectivity index (χ2n) is 13.2. The van der Waals surface area contributed by atoms with E-state index in [1.54, 1.807) is 5.57 Å². The number of hydrogen-bond donors (Lipinski definition) is 1. The van der Waals surface area contributed by atoms with Gasteiger partial charge in [0.2, 0.25) is 0 Å². The Morgan fingerprint density at radius 1 is 1.00 bits per heavy atom. The van der Waals surface area contributed by atoms with Crippen LogP contribution in [0.3, 0.4) is 0 Å². The molecule has 184 valence electrons. The standard InChI is InChI=1S/C30H53NO/c1-21(2)8-6-9-22(3)26-12-13-27-25-11-10-23-20-24(32-19-7-18-31)14-16-29(23,4)28(25)15-17-30(26,27)5/h10,21-22,24-28H,6-9,11-20,31H2,1-5H3/t22-,24?,25?,26?,27?,28?,29?,30?/m1/s1. The molecular weight excluding hydrogens is 390 g/mol. The Bertz CT molecular complexity index is 655. The SMILES string of the molecule is CC(C)CCC[C@@H](C)C1CCC2C3CC=C4CC(OCCCN)CCC4(C)C3CCC21C. The van der Waals surface area contributed by atoms with Gasteiger partial charge in [-0.15, -0.1) is 0 Å². The van der Waals surface area contributed by atoms with Crippen LogP contribution in [-0.2, 0) is 4.74 Å². The molecule has 0 bridgehead atoms. The number of nitrogens with two attached hydrogens (primary N) is 1. The second kappa shape index (κ2) is 10.1. The van der Waals surface area contributed by atoms with Gasteiger partial charge in [-0.25, -0.2) is 0 Å². The minimum Gasteiger partial charge on any atom is -0.378 e. The fourth-order valence-electron chi connectivity index (χ4n) is 9.13. The predicted octanol–water partition coefficient (Wildman–Crippen LogP) is 7.76. The highest BCUT2D eigenvalue weighted by molar-refractivity contribution is 5.25. The Labute approximate surface area is 199 Å². The molecule has 0 spiro atoms. The van der Waals surface area contributed by atoms with E-state index in [2.05, 4.69) is 40.7 Å². The highest BCUT2D eigenvalue weighted by Gasteiger charge is 2.59. The molecule has 2 nitrogen and oxygen atoms in total. The van der Waals surface area contributed by atoms with Gasteiger partial charge in [-0.3, -0.25) is 0 Å². The fraction of sp³-hybridized carbons (Fsp3) is 0.933. The minimum atomic E-state index is 0.439. The molecule has 3 fully saturated rings. The van der Waals surface area contributed by atoms with Gasteiger partial charge in [0, 0.05) is 6.61 Å². The van der Waals surface area contributed by atoms with Gasteiger partial charge in [-0.2, -0.15) is 0 Å². The van der Waals surface area contributed by atoms with Gasteiger partial charge >= 0.3 is 0 Å². The van der Waals surface area contributed by atoms with Crippen LogP contribution in [0, 0.1) is 46.3 Å². The third-order valence-electron chi connectivity index (χ3n) is 11.0. The smallest absolute Gasteiger partial charge is 0.0612 e. The number of hydrogen-bond acceptors (Lipinski definition) is 2. The summed E-state index contributed by atoms with van der Waals surface area (Å²) in [7, 11) is 0. The van der Waals surface area contributed by atoms with Gasteiger partial charge in [-0.05, 0) is 111 Å². The molecule has 2 heteroatoms. The summed E-state index contributed by atoms with van der Waals surface area (Å²) < 4.78 is 6.21. The van der Waals surface area contributed by atoms with Crippen molar-refractivity contribution in [3.8, 4) is 0 Å². The molecule has 0 aromatic rings. The molecule has 8 atom stereocenters. The third kappa shape index (κ3) is 4.61. The first kappa shape index (κ1) is 24.8. The van der Waals surface area contributed by atoms with Gasteiger partial charge in [0.05, 0.1) is 6.10 Å². The molecule has 7 unspecified atom stereocenters. The molecule has 0 aliphatic heterocycles. The van der Waals surface area contributed by atoms with Crippen molar-refractivity contribution in [1.29, 1.82) is 0 Å². The third-order valence-corrected chi connectivity index (χ3v) is 11.0. The molecule has 0 radical (unpaired) electrons. The number of rotatable bonds is 9. The van der Waals surface area contributed by atoms with Crippen molar-refractivity contribution in [2.24, 2.45) is 52.1 Å². The molecule has 2 N–H and O–H groups in total. The van der Waals surface area contributed by atoms with Crippen LogP contribution in [0.25, 0.3) is 0 Å². The molecule has 4 aliphatic rings. The molecule has 0 amide bonds. The summed E-state index contributed by atoms with van der Waals surface area (Å²) in [4.78, 5) is 0. The molecule has 0 heterocycles. The van der Waals surface area contributed by atoms with Crippen molar-refractivity contribution in [1.82, 2.24) is 0 Å². The van der Waals surface area contributed by atoms with E-state index in [-0.39, 0.29) is 0 Å². The maximum Gasteiger partial charge on any atom is 0.0612 e. The van der Waals surface area contributed by atoms with Crippen LogP contribution in [0.2, 0.25) is 0 Å². The van der Waals surface area contributed by atoms with E-state index in [0.717, 1.165) is 55.1 Å². The highest BCUT2D eigenvalue weighted by atomic mass is 16.5. The number of ether oxygens (including phenoxy) is 1. The lowest BCUT2D eigenvalue weighted by molar-refractivity contribution is -0.0639. The van der Waals surface area contributed by atoms with Crippen molar-refractivity contribution in [3.05, 3.63) is 11.6 Å². The Hall–Kier alpha value is -0.340. The second-order valence-corrected chi connectivity index (χ2v) is 13.2. The molecule has 0 saturated heterocycles. The average Bonchev–Trinajstić information content (AvgIpc) is 3.11. The summed E-state index contributed by atoms with van der Waals surface area (Å²) in [5.74, 6) is 5.55. The maximum atomic E-state index is 6.21. The predicted molar refractivity (Wildman–Crippen MR) is 136 cm³/mol. The van der Waals surface area contributed by atoms with E-state index in [9.17, 15) is 0 Å². The van der Waals surface area contributed by atoms with Gasteiger partial charge in [0.15, 0.2) is 0 Å². The number of fused-ring (bicyclic) bond motifs is 5. The highest BCUT2D eigenvalue weighted by Crippen LogP contribution is 2.67. The molecule has 0 aromatic heterocycles. The van der Waals surface area contributed by atoms with Crippen LogP contribution in [-0.4, -0.2) is 19.3 Å². The summed E-state index contributed by atoms with van der Waals surface area (Å²) >= 11 is 0. The maximum absolute atomic E-state index is 6.21. The summed E-state index contributed by atoms with van der Waals surface area (Å²) in [5, 5.41) is 0. The lowest BCUT2D eigenvalue weighted by Crippen LogP contribution is -2.51. The summed E-state index contributed by atoms with van der Waals surface area (Å²) in [6.07, 6.45) is 19.5. The van der Waals surface area contributed by atoms with Crippen LogP contribution in [0.1, 0.15) is 112 Å². The summed E-state index contributed by atoms with van der Waals surface area (Å²) in [6.45, 7) is 14.3.